The molecule has 29 heavy (non-hydrogen) atoms. The lowest BCUT2D eigenvalue weighted by atomic mass is 9.73. The first-order valence-electron chi connectivity index (χ1n) is 11.7. The Hall–Kier alpha value is -1.24. The molecule has 0 atom stereocenters. The molecule has 0 amide bonds. The number of aromatic nitrogens is 3. The normalized spacial score (nSPS) is 22.7. The first-order valence-corrected chi connectivity index (χ1v) is 12.9. The van der Waals surface area contributed by atoms with E-state index in [0.717, 1.165) is 37.0 Å². The zero-order chi connectivity index (χ0) is 20.1. The molecule has 2 saturated carbocycles. The summed E-state index contributed by atoms with van der Waals surface area (Å²) in [6, 6.07) is 0.611. The van der Waals surface area contributed by atoms with Gasteiger partial charge in [0.1, 0.15) is 5.82 Å². The SMILES string of the molecule is CN=C(NCCCc1nnc(SC)n1C1CCCC1)N1CCC2(CCCCC2)C1. The van der Waals surface area contributed by atoms with Crippen molar-refractivity contribution in [1.29, 1.82) is 0 Å². The van der Waals surface area contributed by atoms with Gasteiger partial charge in [0.25, 0.3) is 0 Å². The van der Waals surface area contributed by atoms with Crippen LogP contribution >= 0.6 is 11.8 Å². The second-order valence-corrected chi connectivity index (χ2v) is 9.99. The molecule has 162 valence electrons. The molecule has 0 radical (unpaired) electrons. The van der Waals surface area contributed by atoms with Gasteiger partial charge in [-0.25, -0.2) is 0 Å². The monoisotopic (exact) mass is 418 g/mol. The molecule has 4 rings (SSSR count). The minimum atomic E-state index is 0.571. The van der Waals surface area contributed by atoms with Crippen molar-refractivity contribution in [2.75, 3.05) is 32.9 Å². The summed E-state index contributed by atoms with van der Waals surface area (Å²) in [5.41, 5.74) is 0.571. The van der Waals surface area contributed by atoms with E-state index in [1.165, 1.54) is 76.6 Å². The number of thioether (sulfide) groups is 1. The Balaban J connectivity index is 1.27. The van der Waals surface area contributed by atoms with Crippen molar-refractivity contribution in [3.05, 3.63) is 5.82 Å². The standard InChI is InChI=1S/C22H38N6S/c1-23-20(27-16-14-22(17-27)12-6-3-7-13-22)24-15-8-11-19-25-26-21(29-2)28(19)18-9-4-5-10-18/h18H,3-17H2,1-2H3,(H,23,24). The maximum absolute atomic E-state index is 4.59. The highest BCUT2D eigenvalue weighted by atomic mass is 32.2. The van der Waals surface area contributed by atoms with Gasteiger partial charge in [-0.3, -0.25) is 4.99 Å². The molecule has 0 unspecified atom stereocenters. The fourth-order valence-corrected chi connectivity index (χ4v) is 6.32. The van der Waals surface area contributed by atoms with E-state index in [0.29, 0.717) is 11.5 Å². The van der Waals surface area contributed by atoms with Gasteiger partial charge in [0, 0.05) is 39.1 Å². The minimum Gasteiger partial charge on any atom is -0.356 e. The summed E-state index contributed by atoms with van der Waals surface area (Å²) >= 11 is 1.73. The van der Waals surface area contributed by atoms with Crippen molar-refractivity contribution >= 4 is 17.7 Å². The average molecular weight is 419 g/mol. The predicted molar refractivity (Wildman–Crippen MR) is 121 cm³/mol. The second-order valence-electron chi connectivity index (χ2n) is 9.22. The predicted octanol–water partition coefficient (Wildman–Crippen LogP) is 4.28. The number of nitrogens with zero attached hydrogens (tertiary/aromatic N) is 5. The summed E-state index contributed by atoms with van der Waals surface area (Å²) in [6.45, 7) is 3.30. The van der Waals surface area contributed by atoms with Crippen LogP contribution in [0.15, 0.2) is 10.1 Å². The van der Waals surface area contributed by atoms with Gasteiger partial charge < -0.3 is 14.8 Å². The largest absolute Gasteiger partial charge is 0.356 e. The van der Waals surface area contributed by atoms with Crippen molar-refractivity contribution in [3.8, 4) is 0 Å². The Morgan fingerprint density at radius 3 is 2.66 bits per heavy atom. The number of likely N-dealkylation sites (tertiary alicyclic amines) is 1. The van der Waals surface area contributed by atoms with Crippen molar-refractivity contribution < 1.29 is 0 Å². The highest BCUT2D eigenvalue weighted by Gasteiger charge is 2.39. The first-order chi connectivity index (χ1) is 14.2. The molecular formula is C22H38N6S. The smallest absolute Gasteiger partial charge is 0.193 e. The van der Waals surface area contributed by atoms with Gasteiger partial charge in [-0.1, -0.05) is 43.9 Å². The lowest BCUT2D eigenvalue weighted by Gasteiger charge is -2.33. The Labute approximate surface area is 180 Å². The molecule has 0 bridgehead atoms. The molecule has 6 nitrogen and oxygen atoms in total. The van der Waals surface area contributed by atoms with Crippen molar-refractivity contribution in [2.24, 2.45) is 10.4 Å². The Morgan fingerprint density at radius 2 is 1.93 bits per heavy atom. The van der Waals surface area contributed by atoms with Crippen molar-refractivity contribution in [3.63, 3.8) is 0 Å². The van der Waals surface area contributed by atoms with Gasteiger partial charge in [0.15, 0.2) is 11.1 Å². The van der Waals surface area contributed by atoms with Crippen LogP contribution in [0, 0.1) is 5.41 Å². The highest BCUT2D eigenvalue weighted by molar-refractivity contribution is 7.98. The third kappa shape index (κ3) is 4.75. The fraction of sp³-hybridized carbons (Fsp3) is 0.864. The van der Waals surface area contributed by atoms with Crippen LogP contribution in [0.25, 0.3) is 0 Å². The number of hydrogen-bond acceptors (Lipinski definition) is 4. The van der Waals surface area contributed by atoms with Crippen molar-refractivity contribution in [2.45, 2.75) is 88.2 Å². The van der Waals surface area contributed by atoms with Gasteiger partial charge in [-0.15, -0.1) is 10.2 Å². The second kappa shape index (κ2) is 9.71. The van der Waals surface area contributed by atoms with Crippen LogP contribution in [0.3, 0.4) is 0 Å². The summed E-state index contributed by atoms with van der Waals surface area (Å²) in [5.74, 6) is 2.26. The van der Waals surface area contributed by atoms with E-state index in [4.69, 9.17) is 0 Å². The molecule has 1 aromatic rings. The van der Waals surface area contributed by atoms with Gasteiger partial charge in [-0.05, 0) is 50.2 Å². The molecule has 3 aliphatic rings. The highest BCUT2D eigenvalue weighted by Crippen LogP contribution is 2.43. The molecule has 1 spiro atoms. The first kappa shape index (κ1) is 21.0. The lowest BCUT2D eigenvalue weighted by molar-refractivity contribution is 0.203. The van der Waals surface area contributed by atoms with Crippen molar-refractivity contribution in [1.82, 2.24) is 25.0 Å². The number of aliphatic imine (C=N–C) groups is 1. The summed E-state index contributed by atoms with van der Waals surface area (Å²) in [4.78, 5) is 7.08. The van der Waals surface area contributed by atoms with E-state index >= 15 is 0 Å². The molecule has 7 heteroatoms. The van der Waals surface area contributed by atoms with E-state index in [9.17, 15) is 0 Å². The molecule has 1 aromatic heterocycles. The van der Waals surface area contributed by atoms with E-state index in [1.54, 1.807) is 11.8 Å². The van der Waals surface area contributed by atoms with Gasteiger partial charge in [0.05, 0.1) is 0 Å². The van der Waals surface area contributed by atoms with E-state index in [-0.39, 0.29) is 0 Å². The third-order valence-corrected chi connectivity index (χ3v) is 7.98. The molecule has 1 aliphatic heterocycles. The molecule has 2 heterocycles. The minimum absolute atomic E-state index is 0.571. The van der Waals surface area contributed by atoms with Gasteiger partial charge >= 0.3 is 0 Å². The molecule has 3 fully saturated rings. The summed E-state index contributed by atoms with van der Waals surface area (Å²) in [6.07, 6.45) is 17.8. The van der Waals surface area contributed by atoms with Crippen LogP contribution in [-0.2, 0) is 6.42 Å². The number of nitrogens with one attached hydrogen (secondary N) is 1. The Kier molecular flexibility index (Phi) is 7.04. The van der Waals surface area contributed by atoms with Crippen LogP contribution in [0.4, 0.5) is 0 Å². The third-order valence-electron chi connectivity index (χ3n) is 7.33. The van der Waals surface area contributed by atoms with Crippen LogP contribution in [-0.4, -0.2) is 58.6 Å². The van der Waals surface area contributed by atoms with E-state index in [2.05, 4.69) is 36.2 Å². The van der Waals surface area contributed by atoms with Gasteiger partial charge in [0.2, 0.25) is 0 Å². The maximum Gasteiger partial charge on any atom is 0.193 e. The molecule has 1 saturated heterocycles. The number of hydrogen-bond donors (Lipinski definition) is 1. The number of guanidine groups is 1. The van der Waals surface area contributed by atoms with E-state index < -0.39 is 0 Å². The van der Waals surface area contributed by atoms with Crippen LogP contribution in [0.5, 0.6) is 0 Å². The average Bonchev–Trinajstić information content (AvgIpc) is 3.49. The van der Waals surface area contributed by atoms with Crippen LogP contribution in [0.2, 0.25) is 0 Å². The quantitative estimate of drug-likeness (QED) is 0.323. The number of rotatable bonds is 6. The summed E-state index contributed by atoms with van der Waals surface area (Å²) in [7, 11) is 1.93. The number of aryl methyl sites for hydroxylation is 1. The molecule has 0 aromatic carbocycles. The Bertz CT molecular complexity index is 687. The van der Waals surface area contributed by atoms with Crippen LogP contribution in [0.1, 0.15) is 82.5 Å². The van der Waals surface area contributed by atoms with Crippen LogP contribution < -0.4 is 5.32 Å². The fourth-order valence-electron chi connectivity index (χ4n) is 5.75. The molecular weight excluding hydrogens is 380 g/mol. The Morgan fingerprint density at radius 1 is 1.14 bits per heavy atom. The summed E-state index contributed by atoms with van der Waals surface area (Å²) in [5, 5.41) is 13.7. The zero-order valence-corrected chi connectivity index (χ0v) is 19.1. The molecule has 1 N–H and O–H groups in total. The lowest BCUT2D eigenvalue weighted by Crippen LogP contribution is -2.42. The zero-order valence-electron chi connectivity index (χ0n) is 18.3. The molecule has 2 aliphatic carbocycles. The summed E-state index contributed by atoms with van der Waals surface area (Å²) < 4.78 is 2.43. The topological polar surface area (TPSA) is 58.3 Å². The van der Waals surface area contributed by atoms with Gasteiger partial charge in [-0.2, -0.15) is 0 Å². The maximum atomic E-state index is 4.59. The van der Waals surface area contributed by atoms with E-state index in [1.807, 2.05) is 7.05 Å².